The topological polar surface area (TPSA) is 52.1 Å². The minimum Gasteiger partial charge on any atom is -0.496 e. The number of para-hydroxylation sites is 1. The average molecular weight is 354 g/mol. The number of hydrazone groups is 1. The Morgan fingerprint density at radius 2 is 1.52 bits per heavy atom. The minimum absolute atomic E-state index is 0.148. The van der Waals surface area contributed by atoms with Crippen molar-refractivity contribution in [2.75, 3.05) is 26.8 Å². The summed E-state index contributed by atoms with van der Waals surface area (Å²) in [4.78, 5) is 0. The first-order valence-electron chi connectivity index (χ1n) is 7.16. The van der Waals surface area contributed by atoms with Crippen LogP contribution in [0.25, 0.3) is 0 Å². The van der Waals surface area contributed by atoms with Crippen molar-refractivity contribution in [3.05, 3.63) is 47.5 Å². The van der Waals surface area contributed by atoms with E-state index in [4.69, 9.17) is 14.2 Å². The molecule has 0 aliphatic carbocycles. The van der Waals surface area contributed by atoms with Gasteiger partial charge in [-0.15, -0.1) is 0 Å². The highest BCUT2D eigenvalue weighted by atomic mass is 19.4. The van der Waals surface area contributed by atoms with Crippen LogP contribution in [0.1, 0.15) is 11.1 Å². The molecule has 2 aromatic rings. The zero-order valence-corrected chi connectivity index (χ0v) is 13.8. The number of nitrogens with zero attached hydrogens (tertiary/aromatic N) is 1. The van der Waals surface area contributed by atoms with Gasteiger partial charge in [0, 0.05) is 11.6 Å². The van der Waals surface area contributed by atoms with Gasteiger partial charge in [0.2, 0.25) is 0 Å². The molecule has 1 N–H and O–H groups in total. The molecule has 0 amide bonds. The van der Waals surface area contributed by atoms with Crippen molar-refractivity contribution in [2.24, 2.45) is 5.10 Å². The molecular weight excluding hydrogens is 337 g/mol. The van der Waals surface area contributed by atoms with E-state index in [1.165, 1.54) is 45.7 Å². The van der Waals surface area contributed by atoms with Crippen LogP contribution in [0, 0.1) is 0 Å². The van der Waals surface area contributed by atoms with E-state index < -0.39 is 11.7 Å². The average Bonchev–Trinajstić information content (AvgIpc) is 2.60. The molecule has 0 aromatic heterocycles. The second-order valence-corrected chi connectivity index (χ2v) is 4.86. The van der Waals surface area contributed by atoms with E-state index in [0.29, 0.717) is 22.8 Å². The normalized spacial score (nSPS) is 11.4. The van der Waals surface area contributed by atoms with Gasteiger partial charge in [0.05, 0.1) is 38.8 Å². The first-order chi connectivity index (χ1) is 11.9. The number of anilines is 1. The maximum Gasteiger partial charge on any atom is 0.418 e. The molecule has 0 atom stereocenters. The molecule has 0 saturated carbocycles. The summed E-state index contributed by atoms with van der Waals surface area (Å²) in [6, 6.07) is 8.29. The second kappa shape index (κ2) is 7.78. The van der Waals surface area contributed by atoms with Crippen molar-refractivity contribution in [3.63, 3.8) is 0 Å². The van der Waals surface area contributed by atoms with Crippen LogP contribution < -0.4 is 19.6 Å². The minimum atomic E-state index is -4.47. The number of hydrogen-bond donors (Lipinski definition) is 1. The molecule has 0 aliphatic rings. The molecule has 25 heavy (non-hydrogen) atoms. The Morgan fingerprint density at radius 1 is 0.920 bits per heavy atom. The summed E-state index contributed by atoms with van der Waals surface area (Å²) in [5.74, 6) is 1.35. The second-order valence-electron chi connectivity index (χ2n) is 4.86. The fourth-order valence-corrected chi connectivity index (χ4v) is 2.15. The van der Waals surface area contributed by atoms with Crippen LogP contribution in [-0.2, 0) is 6.18 Å². The van der Waals surface area contributed by atoms with Gasteiger partial charge in [0.15, 0.2) is 11.5 Å². The lowest BCUT2D eigenvalue weighted by Crippen LogP contribution is -2.08. The summed E-state index contributed by atoms with van der Waals surface area (Å²) in [6.07, 6.45) is -3.13. The summed E-state index contributed by atoms with van der Waals surface area (Å²) in [5, 5.41) is 3.87. The van der Waals surface area contributed by atoms with Gasteiger partial charge in [-0.2, -0.15) is 18.3 Å². The van der Waals surface area contributed by atoms with Crippen LogP contribution in [0.3, 0.4) is 0 Å². The van der Waals surface area contributed by atoms with Gasteiger partial charge >= 0.3 is 6.18 Å². The number of benzene rings is 2. The maximum atomic E-state index is 13.0. The number of rotatable bonds is 6. The Hall–Kier alpha value is -2.90. The molecule has 0 saturated heterocycles. The van der Waals surface area contributed by atoms with E-state index in [-0.39, 0.29) is 5.69 Å². The highest BCUT2D eigenvalue weighted by Gasteiger charge is 2.33. The monoisotopic (exact) mass is 354 g/mol. The smallest absolute Gasteiger partial charge is 0.418 e. The number of alkyl halides is 3. The zero-order valence-electron chi connectivity index (χ0n) is 13.8. The molecule has 2 rings (SSSR count). The third-order valence-corrected chi connectivity index (χ3v) is 3.36. The van der Waals surface area contributed by atoms with E-state index in [9.17, 15) is 13.2 Å². The Morgan fingerprint density at radius 3 is 2.12 bits per heavy atom. The molecule has 134 valence electrons. The van der Waals surface area contributed by atoms with Crippen LogP contribution in [0.2, 0.25) is 0 Å². The van der Waals surface area contributed by atoms with Gasteiger partial charge < -0.3 is 14.2 Å². The molecule has 2 aromatic carbocycles. The number of halogens is 3. The zero-order chi connectivity index (χ0) is 18.4. The summed E-state index contributed by atoms with van der Waals surface area (Å²) in [5.41, 5.74) is 1.97. The summed E-state index contributed by atoms with van der Waals surface area (Å²) < 4.78 is 54.5. The van der Waals surface area contributed by atoms with E-state index in [0.717, 1.165) is 6.07 Å². The van der Waals surface area contributed by atoms with E-state index in [1.807, 2.05) is 0 Å². The predicted molar refractivity (Wildman–Crippen MR) is 88.8 cm³/mol. The lowest BCUT2D eigenvalue weighted by atomic mass is 10.2. The number of hydrogen-bond acceptors (Lipinski definition) is 5. The summed E-state index contributed by atoms with van der Waals surface area (Å²) in [7, 11) is 4.43. The molecule has 0 bridgehead atoms. The van der Waals surface area contributed by atoms with Gasteiger partial charge in [-0.25, -0.2) is 0 Å². The van der Waals surface area contributed by atoms with E-state index in [2.05, 4.69) is 10.5 Å². The van der Waals surface area contributed by atoms with E-state index >= 15 is 0 Å². The third-order valence-electron chi connectivity index (χ3n) is 3.36. The fourth-order valence-electron chi connectivity index (χ4n) is 2.15. The number of methoxy groups -OCH3 is 3. The molecule has 0 spiro atoms. The largest absolute Gasteiger partial charge is 0.496 e. The molecule has 0 unspecified atom stereocenters. The standard InChI is InChI=1S/C17H17F3N2O3/c1-23-14-9-16(25-3)15(24-2)8-11(14)10-21-22-13-7-5-4-6-12(13)17(18,19)20/h4-10,22H,1-3H3/b21-10-. The van der Waals surface area contributed by atoms with Gasteiger partial charge in [-0.1, -0.05) is 12.1 Å². The number of nitrogens with one attached hydrogen (secondary N) is 1. The maximum absolute atomic E-state index is 13.0. The molecule has 0 radical (unpaired) electrons. The Kier molecular flexibility index (Phi) is 5.74. The third kappa shape index (κ3) is 4.34. The highest BCUT2D eigenvalue weighted by molar-refractivity contribution is 5.85. The lowest BCUT2D eigenvalue weighted by Gasteiger charge is -2.13. The molecule has 8 heteroatoms. The van der Waals surface area contributed by atoms with Crippen molar-refractivity contribution in [1.82, 2.24) is 0 Å². The summed E-state index contributed by atoms with van der Waals surface area (Å²) >= 11 is 0. The lowest BCUT2D eigenvalue weighted by molar-refractivity contribution is -0.136. The van der Waals surface area contributed by atoms with Crippen LogP contribution >= 0.6 is 0 Å². The van der Waals surface area contributed by atoms with Crippen LogP contribution in [-0.4, -0.2) is 27.5 Å². The van der Waals surface area contributed by atoms with Gasteiger partial charge in [0.25, 0.3) is 0 Å². The van der Waals surface area contributed by atoms with Crippen molar-refractivity contribution < 1.29 is 27.4 Å². The van der Waals surface area contributed by atoms with Crippen molar-refractivity contribution in [3.8, 4) is 17.2 Å². The quantitative estimate of drug-likeness (QED) is 0.625. The molecule has 0 heterocycles. The molecule has 5 nitrogen and oxygen atoms in total. The Labute approximate surface area is 143 Å². The highest BCUT2D eigenvalue weighted by Crippen LogP contribution is 2.35. The molecular formula is C17H17F3N2O3. The fraction of sp³-hybridized carbons (Fsp3) is 0.235. The molecule has 0 fully saturated rings. The van der Waals surface area contributed by atoms with E-state index in [1.54, 1.807) is 12.1 Å². The van der Waals surface area contributed by atoms with Gasteiger partial charge in [0.1, 0.15) is 5.75 Å². The van der Waals surface area contributed by atoms with Crippen molar-refractivity contribution in [2.45, 2.75) is 6.18 Å². The molecule has 0 aliphatic heterocycles. The van der Waals surface area contributed by atoms with Crippen LogP contribution in [0.5, 0.6) is 17.2 Å². The summed E-state index contributed by atoms with van der Waals surface area (Å²) in [6.45, 7) is 0. The predicted octanol–water partition coefficient (Wildman–Crippen LogP) is 4.18. The van der Waals surface area contributed by atoms with Gasteiger partial charge in [-0.05, 0) is 18.2 Å². The SMILES string of the molecule is COc1cc(OC)c(OC)cc1/C=N\Nc1ccccc1C(F)(F)F. The van der Waals surface area contributed by atoms with Crippen molar-refractivity contribution >= 4 is 11.9 Å². The van der Waals surface area contributed by atoms with Gasteiger partial charge in [-0.3, -0.25) is 5.43 Å². The van der Waals surface area contributed by atoms with Crippen LogP contribution in [0.15, 0.2) is 41.5 Å². The Bertz CT molecular complexity index is 761. The van der Waals surface area contributed by atoms with Crippen molar-refractivity contribution in [1.29, 1.82) is 0 Å². The van der Waals surface area contributed by atoms with Crippen LogP contribution in [0.4, 0.5) is 18.9 Å². The Balaban J connectivity index is 2.29. The first kappa shape index (κ1) is 18.4. The first-order valence-corrected chi connectivity index (χ1v) is 7.16. The number of ether oxygens (including phenoxy) is 3.